The summed E-state index contributed by atoms with van der Waals surface area (Å²) >= 11 is 0. The minimum atomic E-state index is -0.466. The van der Waals surface area contributed by atoms with Crippen LogP contribution >= 0.6 is 24.8 Å². The topological polar surface area (TPSA) is 294 Å². The molecule has 57 heavy (non-hydrogen) atoms. The van der Waals surface area contributed by atoms with Gasteiger partial charge in [-0.3, -0.25) is 39.6 Å². The van der Waals surface area contributed by atoms with Gasteiger partial charge in [-0.2, -0.15) is 0 Å². The van der Waals surface area contributed by atoms with Crippen LogP contribution in [0.2, 0.25) is 0 Å². The van der Waals surface area contributed by atoms with E-state index in [0.717, 1.165) is 0 Å². The van der Waals surface area contributed by atoms with Crippen LogP contribution in [0.25, 0.3) is 0 Å². The molecule has 0 unspecified atom stereocenters. The summed E-state index contributed by atoms with van der Waals surface area (Å²) < 4.78 is 6.20. The largest absolute Gasteiger partial charge is 0.388 e. The summed E-state index contributed by atoms with van der Waals surface area (Å²) in [5.41, 5.74) is 13.3. The average Bonchev–Trinajstić information content (AvgIpc) is 3.85. The fourth-order valence-electron chi connectivity index (χ4n) is 5.48. The van der Waals surface area contributed by atoms with E-state index in [9.17, 15) is 28.8 Å². The Morgan fingerprint density at radius 2 is 0.772 bits per heavy atom. The summed E-state index contributed by atoms with van der Waals surface area (Å²) in [5.74, 6) is -2.49. The summed E-state index contributed by atoms with van der Waals surface area (Å²) in [7, 11) is 6.60. The lowest BCUT2D eigenvalue weighted by Crippen LogP contribution is -2.28. The molecule has 308 valence electrons. The van der Waals surface area contributed by atoms with Crippen molar-refractivity contribution in [3.63, 3.8) is 0 Å². The summed E-state index contributed by atoms with van der Waals surface area (Å²) in [6.07, 6.45) is 7.05. The van der Waals surface area contributed by atoms with E-state index in [1.54, 1.807) is 71.2 Å². The lowest BCUT2D eigenvalue weighted by atomic mass is 10.2. The zero-order chi connectivity index (χ0) is 40.4. The Kier molecular flexibility index (Phi) is 17.1. The number of anilines is 4. The van der Waals surface area contributed by atoms with Crippen molar-refractivity contribution in [2.75, 3.05) is 34.4 Å². The number of carbonyl (C=O) groups excluding carboxylic acids is 6. The van der Waals surface area contributed by atoms with Crippen molar-refractivity contribution in [3.8, 4) is 0 Å². The first kappa shape index (κ1) is 46.6. The van der Waals surface area contributed by atoms with Crippen LogP contribution in [-0.4, -0.2) is 78.5 Å². The van der Waals surface area contributed by atoms with E-state index in [1.807, 2.05) is 0 Å². The Morgan fingerprint density at radius 3 is 1.07 bits per heavy atom. The molecule has 0 bridgehead atoms. The van der Waals surface area contributed by atoms with Gasteiger partial charge in [0.1, 0.15) is 22.8 Å². The summed E-state index contributed by atoms with van der Waals surface area (Å²) in [6, 6.07) is 6.05. The Bertz CT molecular complexity index is 2000. The monoisotopic (exact) mass is 830 g/mol. The number of amides is 6. The third kappa shape index (κ3) is 13.3. The SMILES string of the molecule is Cl.Cl.Cn1cc(NC(=O)c2cc(NC(=O)CCCC(=O)Nc3cc(C(=O)Nc4cc(C(=O)NCCC(=N)N)n(C)c4)n(C)c3)cn2C)cc1C(=O)NCCC(=N)N. The van der Waals surface area contributed by atoms with Crippen molar-refractivity contribution in [3.05, 3.63) is 71.8 Å². The van der Waals surface area contributed by atoms with Gasteiger partial charge in [0.25, 0.3) is 23.6 Å². The molecule has 0 atom stereocenters. The molecule has 0 saturated carbocycles. The highest BCUT2D eigenvalue weighted by Crippen LogP contribution is 2.20. The highest BCUT2D eigenvalue weighted by molar-refractivity contribution is 6.06. The van der Waals surface area contributed by atoms with Gasteiger partial charge in [-0.15, -0.1) is 24.8 Å². The maximum atomic E-state index is 13.0. The molecular formula is C35H48Cl2N14O6. The third-order valence-corrected chi connectivity index (χ3v) is 8.20. The molecule has 0 aliphatic rings. The fraction of sp³-hybridized carbons (Fsp3) is 0.314. The van der Waals surface area contributed by atoms with E-state index < -0.39 is 11.8 Å². The van der Waals surface area contributed by atoms with Gasteiger partial charge in [0.15, 0.2) is 0 Å². The van der Waals surface area contributed by atoms with Crippen LogP contribution in [0.1, 0.15) is 74.1 Å². The van der Waals surface area contributed by atoms with Crippen LogP contribution in [0, 0.1) is 10.8 Å². The lowest BCUT2D eigenvalue weighted by Gasteiger charge is -2.04. The minimum Gasteiger partial charge on any atom is -0.388 e. The van der Waals surface area contributed by atoms with Gasteiger partial charge in [-0.1, -0.05) is 0 Å². The minimum absolute atomic E-state index is 0. The maximum absolute atomic E-state index is 13.0. The smallest absolute Gasteiger partial charge is 0.272 e. The molecule has 4 rings (SSSR count). The average molecular weight is 832 g/mol. The van der Waals surface area contributed by atoms with Crippen LogP contribution in [0.3, 0.4) is 0 Å². The van der Waals surface area contributed by atoms with Gasteiger partial charge in [-0.25, -0.2) is 0 Å². The van der Waals surface area contributed by atoms with Crippen LogP contribution in [0.15, 0.2) is 49.1 Å². The molecule has 4 heterocycles. The lowest BCUT2D eigenvalue weighted by molar-refractivity contribution is -0.117. The first-order valence-electron chi connectivity index (χ1n) is 17.1. The van der Waals surface area contributed by atoms with Crippen LogP contribution in [0.4, 0.5) is 22.7 Å². The quantitative estimate of drug-likeness (QED) is 0.0523. The number of aromatic nitrogens is 4. The predicted molar refractivity (Wildman–Crippen MR) is 221 cm³/mol. The zero-order valence-electron chi connectivity index (χ0n) is 31.8. The molecule has 0 radical (unpaired) electrons. The van der Waals surface area contributed by atoms with Crippen molar-refractivity contribution in [2.45, 2.75) is 32.1 Å². The number of hydrogen-bond acceptors (Lipinski definition) is 8. The molecule has 0 saturated heterocycles. The highest BCUT2D eigenvalue weighted by Gasteiger charge is 2.19. The number of nitrogens with two attached hydrogens (primary N) is 2. The molecule has 0 aromatic carbocycles. The van der Waals surface area contributed by atoms with E-state index in [1.165, 1.54) is 24.3 Å². The molecule has 4 aromatic heterocycles. The maximum Gasteiger partial charge on any atom is 0.272 e. The number of hydrogen-bond donors (Lipinski definition) is 10. The Balaban J connectivity index is 0.00000561. The normalized spacial score (nSPS) is 10.3. The van der Waals surface area contributed by atoms with Crippen LogP contribution in [0.5, 0.6) is 0 Å². The number of carbonyl (C=O) groups is 6. The van der Waals surface area contributed by atoms with E-state index in [0.29, 0.717) is 34.1 Å². The molecule has 0 aliphatic carbocycles. The van der Waals surface area contributed by atoms with E-state index in [-0.39, 0.29) is 117 Å². The molecule has 4 aromatic rings. The third-order valence-electron chi connectivity index (χ3n) is 8.20. The Labute approximate surface area is 340 Å². The van der Waals surface area contributed by atoms with E-state index in [2.05, 4.69) is 31.9 Å². The van der Waals surface area contributed by atoms with Gasteiger partial charge >= 0.3 is 0 Å². The second kappa shape index (κ2) is 20.9. The molecule has 12 N–H and O–H groups in total. The van der Waals surface area contributed by atoms with Crippen molar-refractivity contribution >= 4 is 94.7 Å². The molecule has 22 heteroatoms. The van der Waals surface area contributed by atoms with Gasteiger partial charge in [0.05, 0.1) is 34.4 Å². The van der Waals surface area contributed by atoms with Gasteiger partial charge in [-0.05, 0) is 30.7 Å². The molecular weight excluding hydrogens is 783 g/mol. The fourth-order valence-corrected chi connectivity index (χ4v) is 5.48. The van der Waals surface area contributed by atoms with Crippen LogP contribution < -0.4 is 43.4 Å². The number of rotatable bonds is 18. The number of aryl methyl sites for hydroxylation is 4. The molecule has 20 nitrogen and oxygen atoms in total. The standard InChI is InChI=1S/C35H46N14O6.2ClH/c1-46-18-22(14-24(46)32(52)40-10-8-28(36)37)44-34(54)26-12-20(16-48(26)3)42-30(50)6-5-7-31(51)43-21-13-27(49(4)17-21)35(55)45-23-15-25(47(2)19-23)33(53)41-11-9-29(38)39;;/h12-19H,5-11H2,1-4H3,(H3,36,37)(H3,38,39)(H,40,52)(H,41,53)(H,42,50)(H,43,51)(H,44,54)(H,45,55);2*1H. The predicted octanol–water partition coefficient (Wildman–Crippen LogP) is 2.25. The summed E-state index contributed by atoms with van der Waals surface area (Å²) in [5, 5.41) is 30.8. The number of halogens is 2. The van der Waals surface area contributed by atoms with Gasteiger partial charge in [0.2, 0.25) is 11.8 Å². The highest BCUT2D eigenvalue weighted by atomic mass is 35.5. The van der Waals surface area contributed by atoms with E-state index >= 15 is 0 Å². The Morgan fingerprint density at radius 1 is 0.491 bits per heavy atom. The van der Waals surface area contributed by atoms with Crippen molar-refractivity contribution in [1.29, 1.82) is 10.8 Å². The van der Waals surface area contributed by atoms with Crippen molar-refractivity contribution in [2.24, 2.45) is 39.7 Å². The number of nitrogens with zero attached hydrogens (tertiary/aromatic N) is 4. The molecule has 0 fully saturated rings. The first-order chi connectivity index (χ1) is 26.0. The first-order valence-corrected chi connectivity index (χ1v) is 17.1. The second-order valence-electron chi connectivity index (χ2n) is 12.8. The van der Waals surface area contributed by atoms with E-state index in [4.69, 9.17) is 22.3 Å². The van der Waals surface area contributed by atoms with Crippen molar-refractivity contribution in [1.82, 2.24) is 28.9 Å². The van der Waals surface area contributed by atoms with Gasteiger partial charge in [0, 0.05) is 91.8 Å². The molecule has 0 spiro atoms. The Hall–Kier alpha value is -6.54. The van der Waals surface area contributed by atoms with Gasteiger partial charge < -0.3 is 61.6 Å². The van der Waals surface area contributed by atoms with Crippen molar-refractivity contribution < 1.29 is 28.8 Å². The molecule has 0 aliphatic heterocycles. The number of nitrogens with one attached hydrogen (secondary N) is 8. The number of amidine groups is 2. The summed E-state index contributed by atoms with van der Waals surface area (Å²) in [4.78, 5) is 76.3. The second-order valence-corrected chi connectivity index (χ2v) is 12.8. The molecule has 6 amide bonds. The van der Waals surface area contributed by atoms with Crippen LogP contribution in [-0.2, 0) is 37.8 Å². The zero-order valence-corrected chi connectivity index (χ0v) is 33.4. The summed E-state index contributed by atoms with van der Waals surface area (Å²) in [6.45, 7) is 0.412.